The van der Waals surface area contributed by atoms with Gasteiger partial charge in [0.25, 0.3) is 5.91 Å². The summed E-state index contributed by atoms with van der Waals surface area (Å²) in [4.78, 5) is 36.7. The van der Waals surface area contributed by atoms with Crippen molar-refractivity contribution in [2.75, 3.05) is 34.1 Å². The number of carbonyl (C=O) groups is 3. The number of carbonyl (C=O) groups excluding carboxylic acids is 3. The third-order valence-corrected chi connectivity index (χ3v) is 5.55. The number of aryl methyl sites for hydroxylation is 1. The first-order valence-corrected chi connectivity index (χ1v) is 12.0. The molecule has 0 saturated heterocycles. The maximum absolute atomic E-state index is 12.4. The zero-order valence-corrected chi connectivity index (χ0v) is 19.9. The Hall–Kier alpha value is -3.78. The molecule has 0 aliphatic heterocycles. The van der Waals surface area contributed by atoms with E-state index in [0.29, 0.717) is 23.5 Å². The van der Waals surface area contributed by atoms with Gasteiger partial charge in [0.2, 0.25) is 11.8 Å². The first-order chi connectivity index (χ1) is 16.4. The summed E-state index contributed by atoms with van der Waals surface area (Å²) < 4.78 is 5.39. The summed E-state index contributed by atoms with van der Waals surface area (Å²) in [6, 6.07) is 21.3. The number of rotatable bonds is 10. The molecule has 3 amide bonds. The second kappa shape index (κ2) is 12.5. The van der Waals surface area contributed by atoms with Crippen molar-refractivity contribution in [1.82, 2.24) is 0 Å². The molecule has 0 spiro atoms. The van der Waals surface area contributed by atoms with Crippen molar-refractivity contribution < 1.29 is 19.1 Å². The molecule has 34 heavy (non-hydrogen) atoms. The van der Waals surface area contributed by atoms with E-state index >= 15 is 0 Å². The molecule has 3 rings (SSSR count). The van der Waals surface area contributed by atoms with Gasteiger partial charge in [0.05, 0.1) is 18.1 Å². The summed E-state index contributed by atoms with van der Waals surface area (Å²) in [6.07, 6.45) is 0. The van der Waals surface area contributed by atoms with E-state index in [-0.39, 0.29) is 29.2 Å². The zero-order valence-electron chi connectivity index (χ0n) is 19.1. The molecule has 7 nitrogen and oxygen atoms in total. The Labute approximate surface area is 203 Å². The molecule has 8 heteroatoms. The summed E-state index contributed by atoms with van der Waals surface area (Å²) >= 11 is 1.23. The number of amides is 3. The lowest BCUT2D eigenvalue weighted by atomic mass is 10.2. The molecule has 0 atom stereocenters. The van der Waals surface area contributed by atoms with Crippen LogP contribution in [0.1, 0.15) is 22.8 Å². The average molecular weight is 478 g/mol. The molecule has 0 aromatic heterocycles. The van der Waals surface area contributed by atoms with E-state index in [2.05, 4.69) is 16.0 Å². The fourth-order valence-electron chi connectivity index (χ4n) is 3.06. The van der Waals surface area contributed by atoms with Crippen LogP contribution in [0.2, 0.25) is 0 Å². The van der Waals surface area contributed by atoms with Crippen LogP contribution in [0.15, 0.2) is 72.8 Å². The molecule has 3 aromatic rings. The highest BCUT2D eigenvalue weighted by molar-refractivity contribution is 8.00. The Morgan fingerprint density at radius 2 is 1.35 bits per heavy atom. The molecule has 0 unspecified atom stereocenters. The fraction of sp³-hybridized carbons (Fsp3) is 0.192. The van der Waals surface area contributed by atoms with Gasteiger partial charge >= 0.3 is 0 Å². The van der Waals surface area contributed by atoms with Crippen LogP contribution in [0, 0.1) is 6.92 Å². The predicted molar refractivity (Wildman–Crippen MR) is 138 cm³/mol. The largest absolute Gasteiger partial charge is 0.494 e. The Morgan fingerprint density at radius 1 is 0.765 bits per heavy atom. The van der Waals surface area contributed by atoms with Gasteiger partial charge in [-0.15, -0.1) is 11.8 Å². The number of hydrogen-bond acceptors (Lipinski definition) is 5. The van der Waals surface area contributed by atoms with Crippen LogP contribution in [-0.4, -0.2) is 35.8 Å². The van der Waals surface area contributed by atoms with Crippen molar-refractivity contribution >= 4 is 46.5 Å². The van der Waals surface area contributed by atoms with Gasteiger partial charge in [0.15, 0.2) is 0 Å². The second-order valence-electron chi connectivity index (χ2n) is 7.45. The quantitative estimate of drug-likeness (QED) is 0.384. The molecule has 0 heterocycles. The number of ether oxygens (including phenoxy) is 1. The number of thioether (sulfide) groups is 1. The molecule has 176 valence electrons. The van der Waals surface area contributed by atoms with Gasteiger partial charge in [0, 0.05) is 22.6 Å². The van der Waals surface area contributed by atoms with Crippen LogP contribution in [0.5, 0.6) is 5.75 Å². The number of hydrogen-bond donors (Lipinski definition) is 3. The lowest BCUT2D eigenvalue weighted by molar-refractivity contribution is -0.114. The highest BCUT2D eigenvalue weighted by atomic mass is 32.2. The molecule has 0 aliphatic rings. The molecular weight excluding hydrogens is 450 g/mol. The van der Waals surface area contributed by atoms with Gasteiger partial charge in [-0.2, -0.15) is 0 Å². The third kappa shape index (κ3) is 7.97. The molecule has 0 fully saturated rings. The molecule has 0 radical (unpaired) electrons. The van der Waals surface area contributed by atoms with Crippen LogP contribution < -0.4 is 20.7 Å². The SMILES string of the molecule is CCOc1ccc(NC(=O)c2ccc(NC(=O)CSCC(=O)Nc3cccc(C)c3)cc2)cc1. The van der Waals surface area contributed by atoms with E-state index in [1.165, 1.54) is 11.8 Å². The number of anilines is 3. The molecule has 0 saturated carbocycles. The Kier molecular flexibility index (Phi) is 9.11. The van der Waals surface area contributed by atoms with Gasteiger partial charge in [-0.3, -0.25) is 14.4 Å². The van der Waals surface area contributed by atoms with Crippen LogP contribution >= 0.6 is 11.8 Å². The lowest BCUT2D eigenvalue weighted by Crippen LogP contribution is -2.18. The van der Waals surface area contributed by atoms with Gasteiger partial charge in [0.1, 0.15) is 5.75 Å². The highest BCUT2D eigenvalue weighted by Gasteiger charge is 2.09. The van der Waals surface area contributed by atoms with Crippen molar-refractivity contribution in [3.8, 4) is 5.75 Å². The first kappa shape index (κ1) is 24.9. The molecule has 3 N–H and O–H groups in total. The minimum absolute atomic E-state index is 0.140. The minimum Gasteiger partial charge on any atom is -0.494 e. The fourth-order valence-corrected chi connectivity index (χ4v) is 3.68. The van der Waals surface area contributed by atoms with Crippen molar-refractivity contribution in [1.29, 1.82) is 0 Å². The minimum atomic E-state index is -0.253. The monoisotopic (exact) mass is 477 g/mol. The molecule has 0 aliphatic carbocycles. The standard InChI is InChI=1S/C26H27N3O4S/c1-3-33-23-13-11-21(12-14-23)29-26(32)19-7-9-20(10-8-19)27-24(30)16-34-17-25(31)28-22-6-4-5-18(2)15-22/h4-15H,3,16-17H2,1-2H3,(H,27,30)(H,28,31)(H,29,32). The van der Waals surface area contributed by atoms with Crippen molar-refractivity contribution in [2.24, 2.45) is 0 Å². The van der Waals surface area contributed by atoms with Gasteiger partial charge < -0.3 is 20.7 Å². The van der Waals surface area contributed by atoms with Crippen LogP contribution in [0.25, 0.3) is 0 Å². The van der Waals surface area contributed by atoms with E-state index in [9.17, 15) is 14.4 Å². The van der Waals surface area contributed by atoms with E-state index < -0.39 is 0 Å². The summed E-state index contributed by atoms with van der Waals surface area (Å²) in [7, 11) is 0. The van der Waals surface area contributed by atoms with E-state index in [1.54, 1.807) is 48.5 Å². The Balaban J connectivity index is 1.41. The van der Waals surface area contributed by atoms with Crippen molar-refractivity contribution in [3.05, 3.63) is 83.9 Å². The Bertz CT molecular complexity index is 1130. The van der Waals surface area contributed by atoms with E-state index in [4.69, 9.17) is 4.74 Å². The van der Waals surface area contributed by atoms with Gasteiger partial charge in [-0.05, 0) is 80.1 Å². The molecule has 0 bridgehead atoms. The Morgan fingerprint density at radius 3 is 1.97 bits per heavy atom. The second-order valence-corrected chi connectivity index (χ2v) is 8.43. The summed E-state index contributed by atoms with van der Waals surface area (Å²) in [5.41, 5.74) is 3.50. The van der Waals surface area contributed by atoms with Crippen molar-refractivity contribution in [3.63, 3.8) is 0 Å². The summed E-state index contributed by atoms with van der Waals surface area (Å²) in [6.45, 7) is 4.44. The maximum Gasteiger partial charge on any atom is 0.255 e. The van der Waals surface area contributed by atoms with E-state index in [0.717, 1.165) is 17.0 Å². The number of benzene rings is 3. The number of nitrogens with one attached hydrogen (secondary N) is 3. The highest BCUT2D eigenvalue weighted by Crippen LogP contribution is 2.17. The first-order valence-electron chi connectivity index (χ1n) is 10.8. The van der Waals surface area contributed by atoms with E-state index in [1.807, 2.05) is 38.1 Å². The third-order valence-electron chi connectivity index (χ3n) is 4.62. The normalized spacial score (nSPS) is 10.3. The summed E-state index contributed by atoms with van der Waals surface area (Å²) in [5.74, 6) is 0.418. The van der Waals surface area contributed by atoms with Crippen molar-refractivity contribution in [2.45, 2.75) is 13.8 Å². The zero-order chi connectivity index (χ0) is 24.3. The smallest absolute Gasteiger partial charge is 0.255 e. The molecule has 3 aromatic carbocycles. The van der Waals surface area contributed by atoms with Gasteiger partial charge in [-0.25, -0.2) is 0 Å². The van der Waals surface area contributed by atoms with Crippen LogP contribution in [0.4, 0.5) is 17.1 Å². The molecular formula is C26H27N3O4S. The lowest BCUT2D eigenvalue weighted by Gasteiger charge is -2.09. The average Bonchev–Trinajstić information content (AvgIpc) is 2.81. The maximum atomic E-state index is 12.4. The summed E-state index contributed by atoms with van der Waals surface area (Å²) in [5, 5.41) is 8.41. The predicted octanol–water partition coefficient (Wildman–Crippen LogP) is 4.96. The topological polar surface area (TPSA) is 96.5 Å². The van der Waals surface area contributed by atoms with Crippen LogP contribution in [-0.2, 0) is 9.59 Å². The van der Waals surface area contributed by atoms with Crippen LogP contribution in [0.3, 0.4) is 0 Å². The van der Waals surface area contributed by atoms with Gasteiger partial charge in [-0.1, -0.05) is 12.1 Å².